The van der Waals surface area contributed by atoms with Crippen LogP contribution in [0.3, 0.4) is 0 Å². The summed E-state index contributed by atoms with van der Waals surface area (Å²) in [6, 6.07) is 12.2. The van der Waals surface area contributed by atoms with Crippen molar-refractivity contribution < 1.29 is 9.90 Å². The Hall–Kier alpha value is -1.11. The fourth-order valence-electron chi connectivity index (χ4n) is 1.56. The first-order valence-electron chi connectivity index (χ1n) is 5.56. The summed E-state index contributed by atoms with van der Waals surface area (Å²) in [6.07, 6.45) is 0. The van der Waals surface area contributed by atoms with Crippen LogP contribution in [0.2, 0.25) is 5.02 Å². The molecule has 98 valence electrons. The maximum absolute atomic E-state index is 12.1. The van der Waals surface area contributed by atoms with E-state index in [0.29, 0.717) is 16.3 Å². The number of halogens is 2. The van der Waals surface area contributed by atoms with Crippen molar-refractivity contribution in [1.82, 2.24) is 0 Å². The van der Waals surface area contributed by atoms with E-state index in [1.54, 1.807) is 42.5 Å². The maximum Gasteiger partial charge on any atom is 0.256 e. The quantitative estimate of drug-likeness (QED) is 0.789. The number of hydrogen-bond donors (Lipinski definition) is 2. The van der Waals surface area contributed by atoms with Crippen LogP contribution in [-0.4, -0.2) is 11.0 Å². The van der Waals surface area contributed by atoms with Gasteiger partial charge in [0.05, 0.1) is 12.2 Å². The van der Waals surface area contributed by atoms with Gasteiger partial charge in [-0.15, -0.1) is 0 Å². The summed E-state index contributed by atoms with van der Waals surface area (Å²) in [4.78, 5) is 12.1. The molecule has 0 aliphatic rings. The molecule has 0 aromatic heterocycles. The Balaban J connectivity index is 2.18. The predicted octanol–water partition coefficient (Wildman–Crippen LogP) is 3.69. The molecule has 0 atom stereocenters. The summed E-state index contributed by atoms with van der Waals surface area (Å²) in [6.45, 7) is -0.0135. The number of carbonyl (C=O) groups excluding carboxylic acids is 1. The van der Waals surface area contributed by atoms with Crippen LogP contribution >= 0.6 is 34.2 Å². The van der Waals surface area contributed by atoms with Gasteiger partial charge in [0.25, 0.3) is 5.91 Å². The van der Waals surface area contributed by atoms with Crippen LogP contribution in [0.25, 0.3) is 0 Å². The molecule has 0 saturated heterocycles. The SMILES string of the molecule is O=C(Nc1ccc(CO)cc1)c1cc(Cl)ccc1I. The Kier molecular flexibility index (Phi) is 4.79. The van der Waals surface area contributed by atoms with Crippen molar-refractivity contribution in [1.29, 1.82) is 0 Å². The van der Waals surface area contributed by atoms with E-state index in [-0.39, 0.29) is 12.5 Å². The molecular formula is C14H11ClINO2. The van der Waals surface area contributed by atoms with Crippen LogP contribution in [-0.2, 0) is 6.61 Å². The molecule has 19 heavy (non-hydrogen) atoms. The molecule has 0 aliphatic carbocycles. The van der Waals surface area contributed by atoms with Crippen molar-refractivity contribution in [2.45, 2.75) is 6.61 Å². The zero-order chi connectivity index (χ0) is 13.8. The first-order valence-corrected chi connectivity index (χ1v) is 7.02. The lowest BCUT2D eigenvalue weighted by Crippen LogP contribution is -2.13. The van der Waals surface area contributed by atoms with Gasteiger partial charge in [-0.3, -0.25) is 4.79 Å². The lowest BCUT2D eigenvalue weighted by atomic mass is 10.2. The van der Waals surface area contributed by atoms with Crippen molar-refractivity contribution in [3.63, 3.8) is 0 Å². The number of nitrogens with one attached hydrogen (secondary N) is 1. The van der Waals surface area contributed by atoms with Crippen molar-refractivity contribution in [3.8, 4) is 0 Å². The van der Waals surface area contributed by atoms with Crippen LogP contribution < -0.4 is 5.32 Å². The molecule has 2 aromatic rings. The highest BCUT2D eigenvalue weighted by atomic mass is 127. The number of hydrogen-bond acceptors (Lipinski definition) is 2. The average Bonchev–Trinajstić information content (AvgIpc) is 2.42. The van der Waals surface area contributed by atoms with E-state index in [1.165, 1.54) is 0 Å². The van der Waals surface area contributed by atoms with Gasteiger partial charge in [-0.25, -0.2) is 0 Å². The zero-order valence-corrected chi connectivity index (χ0v) is 12.8. The van der Waals surface area contributed by atoms with Crippen LogP contribution in [0.1, 0.15) is 15.9 Å². The lowest BCUT2D eigenvalue weighted by Gasteiger charge is -2.08. The number of rotatable bonds is 3. The van der Waals surface area contributed by atoms with Gasteiger partial charge < -0.3 is 10.4 Å². The maximum atomic E-state index is 12.1. The summed E-state index contributed by atoms with van der Waals surface area (Å²) < 4.78 is 0.839. The van der Waals surface area contributed by atoms with E-state index >= 15 is 0 Å². The average molecular weight is 388 g/mol. The van der Waals surface area contributed by atoms with Crippen molar-refractivity contribution in [2.75, 3.05) is 5.32 Å². The normalized spacial score (nSPS) is 10.3. The van der Waals surface area contributed by atoms with Crippen LogP contribution in [0, 0.1) is 3.57 Å². The molecule has 0 aliphatic heterocycles. The summed E-state index contributed by atoms with van der Waals surface area (Å²) in [7, 11) is 0. The summed E-state index contributed by atoms with van der Waals surface area (Å²) in [5.41, 5.74) is 2.02. The Morgan fingerprint density at radius 1 is 1.21 bits per heavy atom. The van der Waals surface area contributed by atoms with E-state index < -0.39 is 0 Å². The first kappa shape index (κ1) is 14.3. The Labute approximate surface area is 129 Å². The third-order valence-electron chi connectivity index (χ3n) is 2.57. The molecule has 0 spiro atoms. The number of anilines is 1. The highest BCUT2D eigenvalue weighted by molar-refractivity contribution is 14.1. The number of aliphatic hydroxyl groups excluding tert-OH is 1. The second-order valence-electron chi connectivity index (χ2n) is 3.93. The van der Waals surface area contributed by atoms with Crippen molar-refractivity contribution >= 4 is 45.8 Å². The van der Waals surface area contributed by atoms with Crippen molar-refractivity contribution in [3.05, 3.63) is 62.2 Å². The highest BCUT2D eigenvalue weighted by Crippen LogP contribution is 2.19. The molecule has 0 fully saturated rings. The molecule has 2 aromatic carbocycles. The zero-order valence-electron chi connectivity index (χ0n) is 9.86. The molecule has 0 heterocycles. The van der Waals surface area contributed by atoms with Crippen LogP contribution in [0.15, 0.2) is 42.5 Å². The van der Waals surface area contributed by atoms with Crippen molar-refractivity contribution in [2.24, 2.45) is 0 Å². The molecule has 0 radical (unpaired) electrons. The van der Waals surface area contributed by atoms with E-state index in [1.807, 2.05) is 0 Å². The van der Waals surface area contributed by atoms with Gasteiger partial charge in [0.15, 0.2) is 0 Å². The Morgan fingerprint density at radius 3 is 2.53 bits per heavy atom. The molecule has 5 heteroatoms. The minimum Gasteiger partial charge on any atom is -0.392 e. The number of benzene rings is 2. The van der Waals surface area contributed by atoms with Gasteiger partial charge in [-0.1, -0.05) is 23.7 Å². The second-order valence-corrected chi connectivity index (χ2v) is 5.53. The van der Waals surface area contributed by atoms with E-state index in [4.69, 9.17) is 16.7 Å². The largest absolute Gasteiger partial charge is 0.392 e. The smallest absolute Gasteiger partial charge is 0.256 e. The summed E-state index contributed by atoms with van der Waals surface area (Å²) in [5.74, 6) is -0.205. The third-order valence-corrected chi connectivity index (χ3v) is 3.74. The monoisotopic (exact) mass is 387 g/mol. The Morgan fingerprint density at radius 2 is 1.89 bits per heavy atom. The van der Waals surface area contributed by atoms with Gasteiger partial charge in [0, 0.05) is 14.3 Å². The first-order chi connectivity index (χ1) is 9.10. The number of carbonyl (C=O) groups is 1. The predicted molar refractivity (Wildman–Crippen MR) is 84.5 cm³/mol. The molecule has 0 saturated carbocycles. The van der Waals surface area contributed by atoms with Gasteiger partial charge in [-0.05, 0) is 58.5 Å². The fourth-order valence-corrected chi connectivity index (χ4v) is 2.32. The molecule has 0 bridgehead atoms. The van der Waals surface area contributed by atoms with Gasteiger partial charge >= 0.3 is 0 Å². The second kappa shape index (κ2) is 6.36. The topological polar surface area (TPSA) is 49.3 Å². The summed E-state index contributed by atoms with van der Waals surface area (Å²) in [5, 5.41) is 12.3. The minimum atomic E-state index is -0.205. The van der Waals surface area contributed by atoms with Gasteiger partial charge in [-0.2, -0.15) is 0 Å². The minimum absolute atomic E-state index is 0.0135. The van der Waals surface area contributed by atoms with Gasteiger partial charge in [0.1, 0.15) is 0 Å². The van der Waals surface area contributed by atoms with Gasteiger partial charge in [0.2, 0.25) is 0 Å². The standard InChI is InChI=1S/C14H11ClINO2/c15-10-3-6-13(16)12(7-10)14(19)17-11-4-1-9(8-18)2-5-11/h1-7,18H,8H2,(H,17,19). The lowest BCUT2D eigenvalue weighted by molar-refractivity contribution is 0.102. The molecular weight excluding hydrogens is 377 g/mol. The van der Waals surface area contributed by atoms with Crippen LogP contribution in [0.5, 0.6) is 0 Å². The molecule has 1 amide bonds. The van der Waals surface area contributed by atoms with Crippen LogP contribution in [0.4, 0.5) is 5.69 Å². The number of aliphatic hydroxyl groups is 1. The Bertz CT molecular complexity index is 599. The molecule has 3 nitrogen and oxygen atoms in total. The summed E-state index contributed by atoms with van der Waals surface area (Å²) >= 11 is 7.99. The third kappa shape index (κ3) is 3.68. The van der Waals surface area contributed by atoms with E-state index in [0.717, 1.165) is 9.13 Å². The van der Waals surface area contributed by atoms with E-state index in [2.05, 4.69) is 27.9 Å². The molecule has 2 rings (SSSR count). The molecule has 0 unspecified atom stereocenters. The fraction of sp³-hybridized carbons (Fsp3) is 0.0714. The molecule has 2 N–H and O–H groups in total. The highest BCUT2D eigenvalue weighted by Gasteiger charge is 2.10. The van der Waals surface area contributed by atoms with E-state index in [9.17, 15) is 4.79 Å². The number of amides is 1.